The van der Waals surface area contributed by atoms with Crippen LogP contribution in [0.4, 0.5) is 0 Å². The molecule has 0 aromatic carbocycles. The predicted octanol–water partition coefficient (Wildman–Crippen LogP) is -2.41. The van der Waals surface area contributed by atoms with Crippen LogP contribution < -0.4 is 11.4 Å². The smallest absolute Gasteiger partial charge is 0.296 e. The zero-order valence-electron chi connectivity index (χ0n) is 5.47. The van der Waals surface area contributed by atoms with Gasteiger partial charge in [-0.2, -0.15) is 4.98 Å². The zero-order valence-corrected chi connectivity index (χ0v) is 5.47. The van der Waals surface area contributed by atoms with E-state index in [1.165, 1.54) is 0 Å². The van der Waals surface area contributed by atoms with Crippen LogP contribution in [0.5, 0.6) is 0 Å². The quantitative estimate of drug-likeness (QED) is 0.425. The Hall–Kier alpha value is -1.33. The van der Waals surface area contributed by atoms with Gasteiger partial charge in [0.15, 0.2) is 0 Å². The molecule has 6 heteroatoms. The summed E-state index contributed by atoms with van der Waals surface area (Å²) in [5, 5.41) is 0. The minimum atomic E-state index is -0.597. The first kappa shape index (κ1) is 6.79. The molecule has 0 bridgehead atoms. The third-order valence-corrected chi connectivity index (χ3v) is 1.05. The van der Waals surface area contributed by atoms with Gasteiger partial charge < -0.3 is 0 Å². The molecule has 0 unspecified atom stereocenters. The average molecular weight is 139 g/mol. The van der Waals surface area contributed by atoms with Gasteiger partial charge in [0.2, 0.25) is 0 Å². The van der Waals surface area contributed by atoms with Gasteiger partial charge in [-0.05, 0) is 6.32 Å². The fraction of sp³-hybridized carbons (Fsp3) is 0.250. The fourth-order valence-corrected chi connectivity index (χ4v) is 0.605. The van der Waals surface area contributed by atoms with Crippen LogP contribution in [0.15, 0.2) is 9.59 Å². The SMILES string of the molecule is BCc1nc(=O)[nH]c(=O)[nH]1. The number of nitrogens with one attached hydrogen (secondary N) is 2. The first-order valence-corrected chi connectivity index (χ1v) is 2.92. The summed E-state index contributed by atoms with van der Waals surface area (Å²) < 4.78 is 0. The molecular formula is C4H6BN3O2. The molecule has 0 fully saturated rings. The first-order valence-electron chi connectivity index (χ1n) is 2.92. The van der Waals surface area contributed by atoms with Gasteiger partial charge in [0, 0.05) is 0 Å². The summed E-state index contributed by atoms with van der Waals surface area (Å²) in [5.41, 5.74) is -1.10. The van der Waals surface area contributed by atoms with Crippen molar-refractivity contribution >= 4 is 7.85 Å². The lowest BCUT2D eigenvalue weighted by Gasteiger charge is -1.89. The predicted molar refractivity (Wildman–Crippen MR) is 37.7 cm³/mol. The summed E-state index contributed by atoms with van der Waals surface area (Å²) in [7, 11) is 1.80. The lowest BCUT2D eigenvalue weighted by Crippen LogP contribution is -2.26. The van der Waals surface area contributed by atoms with Crippen molar-refractivity contribution in [2.24, 2.45) is 0 Å². The third-order valence-electron chi connectivity index (χ3n) is 1.05. The fourth-order valence-electron chi connectivity index (χ4n) is 0.605. The van der Waals surface area contributed by atoms with Crippen molar-refractivity contribution in [3.05, 3.63) is 26.8 Å². The monoisotopic (exact) mass is 139 g/mol. The molecule has 10 heavy (non-hydrogen) atoms. The van der Waals surface area contributed by atoms with Crippen LogP contribution in [-0.2, 0) is 6.32 Å². The van der Waals surface area contributed by atoms with E-state index in [0.717, 1.165) is 0 Å². The van der Waals surface area contributed by atoms with Crippen LogP contribution in [0.3, 0.4) is 0 Å². The molecule has 0 aliphatic heterocycles. The van der Waals surface area contributed by atoms with E-state index < -0.39 is 11.4 Å². The van der Waals surface area contributed by atoms with E-state index in [9.17, 15) is 9.59 Å². The second-order valence-electron chi connectivity index (χ2n) is 1.80. The molecule has 52 valence electrons. The molecule has 0 amide bonds. The van der Waals surface area contributed by atoms with E-state index in [0.29, 0.717) is 12.1 Å². The Morgan fingerprint density at radius 3 is 2.60 bits per heavy atom. The number of aromatic amines is 2. The second kappa shape index (κ2) is 2.51. The molecule has 5 nitrogen and oxygen atoms in total. The first-order chi connectivity index (χ1) is 4.72. The number of nitrogens with zero attached hydrogens (tertiary/aromatic N) is 1. The van der Waals surface area contributed by atoms with Crippen LogP contribution in [-0.4, -0.2) is 22.8 Å². The molecule has 0 saturated carbocycles. The molecule has 1 rings (SSSR count). The molecule has 1 aromatic heterocycles. The van der Waals surface area contributed by atoms with E-state index in [-0.39, 0.29) is 0 Å². The van der Waals surface area contributed by atoms with E-state index in [1.807, 2.05) is 4.98 Å². The number of hydrogen-bond donors (Lipinski definition) is 2. The van der Waals surface area contributed by atoms with Crippen LogP contribution in [0.1, 0.15) is 5.82 Å². The van der Waals surface area contributed by atoms with Gasteiger partial charge in [0.05, 0.1) is 0 Å². The van der Waals surface area contributed by atoms with Crippen LogP contribution in [0.25, 0.3) is 0 Å². The third kappa shape index (κ3) is 1.34. The minimum Gasteiger partial charge on any atom is -0.296 e. The maximum atomic E-state index is 10.5. The molecular weight excluding hydrogens is 133 g/mol. The summed E-state index contributed by atoms with van der Waals surface area (Å²) in [6, 6.07) is 0. The average Bonchev–Trinajstić information content (AvgIpc) is 1.85. The molecule has 0 radical (unpaired) electrons. The Morgan fingerprint density at radius 1 is 1.40 bits per heavy atom. The van der Waals surface area contributed by atoms with Crippen molar-refractivity contribution < 1.29 is 0 Å². The molecule has 0 atom stereocenters. The number of H-pyrrole nitrogens is 2. The highest BCUT2D eigenvalue weighted by Gasteiger charge is 1.92. The highest BCUT2D eigenvalue weighted by atomic mass is 16.2. The normalized spacial score (nSPS) is 9.60. The van der Waals surface area contributed by atoms with Crippen molar-refractivity contribution in [2.45, 2.75) is 6.32 Å². The lowest BCUT2D eigenvalue weighted by molar-refractivity contribution is 0.873. The maximum Gasteiger partial charge on any atom is 0.350 e. The van der Waals surface area contributed by atoms with E-state index in [2.05, 4.69) is 9.97 Å². The van der Waals surface area contributed by atoms with Crippen molar-refractivity contribution in [1.29, 1.82) is 0 Å². The molecule has 0 saturated heterocycles. The van der Waals surface area contributed by atoms with Crippen LogP contribution in [0, 0.1) is 0 Å². The highest BCUT2D eigenvalue weighted by Crippen LogP contribution is 1.73. The molecule has 1 heterocycles. The zero-order chi connectivity index (χ0) is 7.56. The van der Waals surface area contributed by atoms with Gasteiger partial charge in [-0.1, -0.05) is 0 Å². The Bertz CT molecular complexity index is 300. The topological polar surface area (TPSA) is 78.6 Å². The van der Waals surface area contributed by atoms with Crippen LogP contribution >= 0.6 is 0 Å². The summed E-state index contributed by atoms with van der Waals surface area (Å²) in [4.78, 5) is 28.8. The van der Waals surface area contributed by atoms with Crippen molar-refractivity contribution in [3.63, 3.8) is 0 Å². The summed E-state index contributed by atoms with van der Waals surface area (Å²) >= 11 is 0. The molecule has 0 aliphatic rings. The van der Waals surface area contributed by atoms with Crippen LogP contribution in [0.2, 0.25) is 0 Å². The summed E-state index contributed by atoms with van der Waals surface area (Å²) in [6.07, 6.45) is 0.555. The number of aromatic nitrogens is 3. The second-order valence-corrected chi connectivity index (χ2v) is 1.80. The molecule has 0 aliphatic carbocycles. The van der Waals surface area contributed by atoms with E-state index >= 15 is 0 Å². The Balaban J connectivity index is 3.33. The number of rotatable bonds is 1. The van der Waals surface area contributed by atoms with Crippen molar-refractivity contribution in [3.8, 4) is 0 Å². The standard InChI is InChI=1S/C4H6BN3O2/c5-1-2-6-3(9)8-4(10)7-2/h1,5H2,(H2,6,7,8,9,10). The summed E-state index contributed by atoms with van der Waals surface area (Å²) in [6.45, 7) is 0. The van der Waals surface area contributed by atoms with Gasteiger partial charge in [-0.3, -0.25) is 9.97 Å². The van der Waals surface area contributed by atoms with Gasteiger partial charge >= 0.3 is 11.4 Å². The molecule has 1 aromatic rings. The lowest BCUT2D eigenvalue weighted by atomic mass is 10.1. The molecule has 0 spiro atoms. The van der Waals surface area contributed by atoms with Crippen molar-refractivity contribution in [2.75, 3.05) is 0 Å². The van der Waals surface area contributed by atoms with E-state index in [1.54, 1.807) is 7.85 Å². The van der Waals surface area contributed by atoms with E-state index in [4.69, 9.17) is 0 Å². The Morgan fingerprint density at radius 2 is 2.10 bits per heavy atom. The Labute approximate surface area is 56.9 Å². The van der Waals surface area contributed by atoms with Gasteiger partial charge in [0.1, 0.15) is 13.7 Å². The van der Waals surface area contributed by atoms with Gasteiger partial charge in [-0.25, -0.2) is 9.59 Å². The maximum absolute atomic E-state index is 10.5. The molecule has 2 N–H and O–H groups in total. The number of hydrogen-bond acceptors (Lipinski definition) is 3. The Kier molecular flexibility index (Phi) is 1.70. The van der Waals surface area contributed by atoms with Gasteiger partial charge in [0.25, 0.3) is 0 Å². The summed E-state index contributed by atoms with van der Waals surface area (Å²) in [5.74, 6) is 0.411. The van der Waals surface area contributed by atoms with Gasteiger partial charge in [-0.15, -0.1) is 0 Å². The van der Waals surface area contributed by atoms with Crippen molar-refractivity contribution in [1.82, 2.24) is 15.0 Å². The highest BCUT2D eigenvalue weighted by molar-refractivity contribution is 6.07. The minimum absolute atomic E-state index is 0.411. The largest absolute Gasteiger partial charge is 0.350 e.